The molecule has 1 aromatic carbocycles. The first-order valence-electron chi connectivity index (χ1n) is 9.29. The Morgan fingerprint density at radius 1 is 1.08 bits per heavy atom. The van der Waals surface area contributed by atoms with Gasteiger partial charge in [0.1, 0.15) is 0 Å². The molecule has 0 atom stereocenters. The van der Waals surface area contributed by atoms with Crippen LogP contribution < -0.4 is 4.72 Å². The number of hydrogen-bond acceptors (Lipinski definition) is 3. The van der Waals surface area contributed by atoms with Crippen LogP contribution in [0.15, 0.2) is 24.3 Å². The van der Waals surface area contributed by atoms with Gasteiger partial charge in [-0.2, -0.15) is 0 Å². The minimum absolute atomic E-state index is 0.0839. The van der Waals surface area contributed by atoms with Crippen LogP contribution in [0.4, 0.5) is 0 Å². The van der Waals surface area contributed by atoms with E-state index in [1.54, 1.807) is 0 Å². The molecule has 1 N–H and O–H groups in total. The number of hydrogen-bond donors (Lipinski definition) is 1. The number of likely N-dealkylation sites (tertiary alicyclic amines) is 1. The number of sulfonamides is 1. The number of nitrogens with one attached hydrogen (secondary N) is 1. The molecule has 24 heavy (non-hydrogen) atoms. The highest BCUT2D eigenvalue weighted by molar-refractivity contribution is 7.88. The maximum Gasteiger partial charge on any atom is 0.215 e. The first-order valence-corrected chi connectivity index (χ1v) is 10.9. The summed E-state index contributed by atoms with van der Waals surface area (Å²) in [6.45, 7) is 4.82. The van der Waals surface area contributed by atoms with Crippen LogP contribution >= 0.6 is 0 Å². The van der Waals surface area contributed by atoms with E-state index in [9.17, 15) is 8.42 Å². The molecule has 2 fully saturated rings. The van der Waals surface area contributed by atoms with Gasteiger partial charge in [0.2, 0.25) is 10.0 Å². The molecule has 0 radical (unpaired) electrons. The molecule has 0 amide bonds. The van der Waals surface area contributed by atoms with E-state index in [1.165, 1.54) is 25.7 Å². The molecule has 4 nitrogen and oxygen atoms in total. The fourth-order valence-electron chi connectivity index (χ4n) is 4.06. The summed E-state index contributed by atoms with van der Waals surface area (Å²) in [6, 6.07) is 8.50. The smallest absolute Gasteiger partial charge is 0.215 e. The molecule has 0 spiro atoms. The van der Waals surface area contributed by atoms with E-state index in [1.807, 2.05) is 31.2 Å². The van der Waals surface area contributed by atoms with E-state index < -0.39 is 10.0 Å². The summed E-state index contributed by atoms with van der Waals surface area (Å²) in [4.78, 5) is 2.63. The van der Waals surface area contributed by atoms with Crippen molar-refractivity contribution in [2.24, 2.45) is 5.92 Å². The molecular formula is C19H30N2O2S. The maximum atomic E-state index is 12.3. The van der Waals surface area contributed by atoms with E-state index in [4.69, 9.17) is 0 Å². The molecule has 1 aliphatic carbocycles. The lowest BCUT2D eigenvalue weighted by molar-refractivity contribution is 0.135. The fourth-order valence-corrected chi connectivity index (χ4v) is 5.39. The predicted octanol–water partition coefficient (Wildman–Crippen LogP) is 3.07. The second-order valence-electron chi connectivity index (χ2n) is 7.45. The van der Waals surface area contributed by atoms with Crippen molar-refractivity contribution in [3.05, 3.63) is 35.4 Å². The van der Waals surface area contributed by atoms with Crippen LogP contribution in [0.5, 0.6) is 0 Å². The largest absolute Gasteiger partial charge is 0.300 e. The summed E-state index contributed by atoms with van der Waals surface area (Å²) in [7, 11) is -3.25. The minimum Gasteiger partial charge on any atom is -0.300 e. The summed E-state index contributed by atoms with van der Waals surface area (Å²) in [6.07, 6.45) is 7.70. The van der Waals surface area contributed by atoms with Crippen LogP contribution in [-0.4, -0.2) is 39.0 Å². The number of piperidine rings is 1. The zero-order valence-electron chi connectivity index (χ0n) is 14.7. The van der Waals surface area contributed by atoms with Gasteiger partial charge in [0, 0.05) is 12.6 Å². The zero-order chi connectivity index (χ0) is 17.0. The Bertz CT molecular complexity index is 631. The average molecular weight is 351 g/mol. The second-order valence-corrected chi connectivity index (χ2v) is 9.26. The highest BCUT2D eigenvalue weighted by Gasteiger charge is 2.27. The first-order chi connectivity index (χ1) is 11.5. The number of nitrogens with zero attached hydrogens (tertiary/aromatic N) is 1. The van der Waals surface area contributed by atoms with Gasteiger partial charge in [0.05, 0.1) is 5.75 Å². The van der Waals surface area contributed by atoms with Crippen molar-refractivity contribution in [2.45, 2.75) is 57.2 Å². The Hall–Kier alpha value is -0.910. The molecule has 3 rings (SSSR count). The molecule has 134 valence electrons. The van der Waals surface area contributed by atoms with Gasteiger partial charge in [-0.1, -0.05) is 37.1 Å². The summed E-state index contributed by atoms with van der Waals surface area (Å²) in [5.41, 5.74) is 1.92. The first kappa shape index (κ1) is 17.9. The van der Waals surface area contributed by atoms with Crippen molar-refractivity contribution in [1.82, 2.24) is 9.62 Å². The Morgan fingerprint density at radius 3 is 2.42 bits per heavy atom. The van der Waals surface area contributed by atoms with Crippen molar-refractivity contribution in [3.8, 4) is 0 Å². The summed E-state index contributed by atoms with van der Waals surface area (Å²) in [5.74, 6) is 0.565. The molecular weight excluding hydrogens is 320 g/mol. The van der Waals surface area contributed by atoms with E-state index in [0.29, 0.717) is 12.5 Å². The van der Waals surface area contributed by atoms with E-state index >= 15 is 0 Å². The standard InChI is InChI=1S/C19H30N2O2S/c1-16-6-2-3-7-18(16)15-24(22,23)20-14-17-10-12-21(13-11-17)19-8-4-5-9-19/h2-3,6-7,17,19-20H,4-5,8-15H2,1H3. The van der Waals surface area contributed by atoms with E-state index in [0.717, 1.165) is 43.1 Å². The second kappa shape index (κ2) is 7.98. The quantitative estimate of drug-likeness (QED) is 0.858. The predicted molar refractivity (Wildman–Crippen MR) is 98.4 cm³/mol. The van der Waals surface area contributed by atoms with Crippen molar-refractivity contribution in [2.75, 3.05) is 19.6 Å². The Morgan fingerprint density at radius 2 is 1.75 bits per heavy atom. The van der Waals surface area contributed by atoms with Crippen LogP contribution in [0.3, 0.4) is 0 Å². The topological polar surface area (TPSA) is 49.4 Å². The SMILES string of the molecule is Cc1ccccc1CS(=O)(=O)NCC1CCN(C2CCCC2)CC1. The van der Waals surface area contributed by atoms with Gasteiger partial charge in [0.15, 0.2) is 0 Å². The lowest BCUT2D eigenvalue weighted by Gasteiger charge is -2.36. The van der Waals surface area contributed by atoms with Crippen molar-refractivity contribution >= 4 is 10.0 Å². The molecule has 0 unspecified atom stereocenters. The molecule has 1 saturated carbocycles. The highest BCUT2D eigenvalue weighted by atomic mass is 32.2. The third-order valence-electron chi connectivity index (χ3n) is 5.69. The molecule has 1 saturated heterocycles. The summed E-state index contributed by atoms with van der Waals surface area (Å²) in [5, 5.41) is 0. The molecule has 0 bridgehead atoms. The highest BCUT2D eigenvalue weighted by Crippen LogP contribution is 2.27. The van der Waals surface area contributed by atoms with Crippen LogP contribution in [0, 0.1) is 12.8 Å². The Labute approximate surface area is 146 Å². The molecule has 1 aliphatic heterocycles. The van der Waals surface area contributed by atoms with E-state index in [2.05, 4.69) is 9.62 Å². The zero-order valence-corrected chi connectivity index (χ0v) is 15.5. The van der Waals surface area contributed by atoms with E-state index in [-0.39, 0.29) is 5.75 Å². The van der Waals surface area contributed by atoms with Crippen LogP contribution in [0.1, 0.15) is 49.7 Å². The lowest BCUT2D eigenvalue weighted by atomic mass is 9.96. The van der Waals surface area contributed by atoms with Gasteiger partial charge in [-0.05, 0) is 62.7 Å². The van der Waals surface area contributed by atoms with Crippen molar-refractivity contribution < 1.29 is 8.42 Å². The Kier molecular flexibility index (Phi) is 5.95. The molecule has 2 aliphatic rings. The van der Waals surface area contributed by atoms with Gasteiger partial charge in [-0.15, -0.1) is 0 Å². The summed E-state index contributed by atoms with van der Waals surface area (Å²) >= 11 is 0. The van der Waals surface area contributed by atoms with Crippen LogP contribution in [-0.2, 0) is 15.8 Å². The molecule has 1 heterocycles. The van der Waals surface area contributed by atoms with Gasteiger partial charge in [-0.3, -0.25) is 0 Å². The molecule has 0 aromatic heterocycles. The normalized spacial score (nSPS) is 21.4. The fraction of sp³-hybridized carbons (Fsp3) is 0.684. The van der Waals surface area contributed by atoms with Crippen molar-refractivity contribution in [3.63, 3.8) is 0 Å². The molecule has 5 heteroatoms. The number of aryl methyl sites for hydroxylation is 1. The van der Waals surface area contributed by atoms with Gasteiger partial charge >= 0.3 is 0 Å². The lowest BCUT2D eigenvalue weighted by Crippen LogP contribution is -2.42. The van der Waals surface area contributed by atoms with Crippen LogP contribution in [0.25, 0.3) is 0 Å². The third kappa shape index (κ3) is 4.80. The van der Waals surface area contributed by atoms with Crippen molar-refractivity contribution in [1.29, 1.82) is 0 Å². The minimum atomic E-state index is -3.25. The molecule has 1 aromatic rings. The average Bonchev–Trinajstić information content (AvgIpc) is 3.10. The van der Waals surface area contributed by atoms with Crippen LogP contribution in [0.2, 0.25) is 0 Å². The van der Waals surface area contributed by atoms with Gasteiger partial charge in [0.25, 0.3) is 0 Å². The van der Waals surface area contributed by atoms with Gasteiger partial charge in [-0.25, -0.2) is 13.1 Å². The Balaban J connectivity index is 1.45. The number of rotatable bonds is 6. The maximum absolute atomic E-state index is 12.3. The third-order valence-corrected chi connectivity index (χ3v) is 6.99. The number of benzene rings is 1. The van der Waals surface area contributed by atoms with Gasteiger partial charge < -0.3 is 4.90 Å². The monoisotopic (exact) mass is 350 g/mol. The summed E-state index contributed by atoms with van der Waals surface area (Å²) < 4.78 is 27.5.